The Labute approximate surface area is 232 Å². The van der Waals surface area contributed by atoms with Gasteiger partial charge in [0.15, 0.2) is 0 Å². The van der Waals surface area contributed by atoms with E-state index < -0.39 is 23.9 Å². The van der Waals surface area contributed by atoms with Crippen LogP contribution in [-0.4, -0.2) is 70.9 Å². The lowest BCUT2D eigenvalue weighted by molar-refractivity contribution is -0.134. The highest BCUT2D eigenvalue weighted by Gasteiger charge is 2.27. The van der Waals surface area contributed by atoms with Crippen LogP contribution < -0.4 is 27.8 Å². The number of hydrogen-bond acceptors (Lipinski definition) is 8. The minimum absolute atomic E-state index is 0.108. The molecule has 2 heterocycles. The second-order valence-electron chi connectivity index (χ2n) is 9.46. The number of nitrogens with two attached hydrogens (primary N) is 3. The zero-order chi connectivity index (χ0) is 28.5. The Hall–Kier alpha value is -4.45. The number of nitrogens with one attached hydrogen (secondary N) is 2. The van der Waals surface area contributed by atoms with E-state index in [0.717, 1.165) is 21.7 Å². The van der Waals surface area contributed by atoms with Crippen LogP contribution in [0.4, 0.5) is 5.69 Å². The van der Waals surface area contributed by atoms with Crippen molar-refractivity contribution in [2.24, 2.45) is 17.2 Å². The molecule has 11 nitrogen and oxygen atoms in total. The molecule has 0 aliphatic heterocycles. The molecule has 0 saturated carbocycles. The summed E-state index contributed by atoms with van der Waals surface area (Å²) in [5.74, 6) is -1.43. The van der Waals surface area contributed by atoms with Gasteiger partial charge in [0.05, 0.1) is 29.9 Å². The highest BCUT2D eigenvalue weighted by atomic mass is 16.2. The molecular formula is C29H34N8O3. The molecule has 0 aliphatic rings. The molecule has 0 saturated heterocycles. The maximum atomic E-state index is 13.5. The molecule has 0 fully saturated rings. The zero-order valence-electron chi connectivity index (χ0n) is 22.1. The molecule has 8 N–H and O–H groups in total. The predicted octanol–water partition coefficient (Wildman–Crippen LogP) is 0.912. The van der Waals surface area contributed by atoms with Gasteiger partial charge >= 0.3 is 0 Å². The van der Waals surface area contributed by atoms with Crippen LogP contribution in [-0.2, 0) is 20.8 Å². The number of pyridine rings is 2. The Bertz CT molecular complexity index is 1490. The van der Waals surface area contributed by atoms with E-state index in [1.807, 2.05) is 54.6 Å². The molecule has 2 aromatic heterocycles. The Kier molecular flexibility index (Phi) is 9.68. The number of carbonyl (C=O) groups excluding carboxylic acids is 3. The van der Waals surface area contributed by atoms with Crippen molar-refractivity contribution in [1.82, 2.24) is 20.2 Å². The van der Waals surface area contributed by atoms with Crippen molar-refractivity contribution in [1.29, 1.82) is 0 Å². The fraction of sp³-hybridized carbons (Fsp3) is 0.276. The Morgan fingerprint density at radius 2 is 1.50 bits per heavy atom. The summed E-state index contributed by atoms with van der Waals surface area (Å²) >= 11 is 0. The van der Waals surface area contributed by atoms with Crippen LogP contribution in [0.15, 0.2) is 73.1 Å². The third-order valence-corrected chi connectivity index (χ3v) is 6.47. The number of anilines is 1. The fourth-order valence-corrected chi connectivity index (χ4v) is 4.39. The first-order chi connectivity index (χ1) is 19.4. The number of nitrogens with zero attached hydrogens (tertiary/aromatic N) is 3. The van der Waals surface area contributed by atoms with Crippen molar-refractivity contribution >= 4 is 45.1 Å². The molecule has 4 rings (SSSR count). The van der Waals surface area contributed by atoms with Crippen molar-refractivity contribution in [3.05, 3.63) is 78.8 Å². The van der Waals surface area contributed by atoms with Crippen molar-refractivity contribution in [2.75, 3.05) is 31.5 Å². The Morgan fingerprint density at radius 3 is 2.23 bits per heavy atom. The van der Waals surface area contributed by atoms with E-state index in [-0.39, 0.29) is 31.8 Å². The number of para-hydroxylation sites is 1. The minimum Gasteiger partial charge on any atom is -0.343 e. The van der Waals surface area contributed by atoms with Gasteiger partial charge in [-0.2, -0.15) is 0 Å². The molecule has 2 aromatic carbocycles. The summed E-state index contributed by atoms with van der Waals surface area (Å²) in [5.41, 5.74) is 19.2. The average molecular weight is 543 g/mol. The summed E-state index contributed by atoms with van der Waals surface area (Å²) < 4.78 is 0. The number of hydrogen-bond donors (Lipinski definition) is 5. The van der Waals surface area contributed by atoms with Crippen molar-refractivity contribution in [2.45, 2.75) is 24.9 Å². The zero-order valence-corrected chi connectivity index (χ0v) is 22.1. The maximum Gasteiger partial charge on any atom is 0.247 e. The first-order valence-electron chi connectivity index (χ1n) is 13.1. The van der Waals surface area contributed by atoms with E-state index >= 15 is 0 Å². The number of carbonyl (C=O) groups is 3. The lowest BCUT2D eigenvalue weighted by Crippen LogP contribution is -2.52. The summed E-state index contributed by atoms with van der Waals surface area (Å²) in [6, 6.07) is 16.8. The van der Waals surface area contributed by atoms with Gasteiger partial charge in [0, 0.05) is 55.3 Å². The molecule has 4 aromatic rings. The van der Waals surface area contributed by atoms with Gasteiger partial charge in [-0.05, 0) is 23.6 Å². The summed E-state index contributed by atoms with van der Waals surface area (Å²) in [6.45, 7) is 1.14. The molecule has 3 amide bonds. The van der Waals surface area contributed by atoms with Gasteiger partial charge in [0.2, 0.25) is 17.7 Å². The third kappa shape index (κ3) is 7.35. The van der Waals surface area contributed by atoms with Crippen molar-refractivity contribution in [3.63, 3.8) is 0 Å². The van der Waals surface area contributed by atoms with Crippen LogP contribution in [0, 0.1) is 0 Å². The second kappa shape index (κ2) is 13.6. The van der Waals surface area contributed by atoms with Crippen LogP contribution in [0.5, 0.6) is 0 Å². The lowest BCUT2D eigenvalue weighted by atomic mass is 10.1. The topological polar surface area (TPSA) is 182 Å². The van der Waals surface area contributed by atoms with Gasteiger partial charge in [-0.1, -0.05) is 42.5 Å². The van der Waals surface area contributed by atoms with Crippen molar-refractivity contribution < 1.29 is 14.4 Å². The Morgan fingerprint density at radius 1 is 0.825 bits per heavy atom. The first-order valence-corrected chi connectivity index (χ1v) is 13.1. The molecule has 40 heavy (non-hydrogen) atoms. The minimum atomic E-state index is -1.17. The van der Waals surface area contributed by atoms with E-state index in [1.54, 1.807) is 18.5 Å². The SMILES string of the molecule is NCCN(CCN)C(=O)CC(N)C(=O)NC(Cc1cc2ccccc2cn1)C(=O)Nc1cnc2ccccc2c1. The predicted molar refractivity (Wildman–Crippen MR) is 155 cm³/mol. The van der Waals surface area contributed by atoms with Gasteiger partial charge in [0.1, 0.15) is 6.04 Å². The summed E-state index contributed by atoms with van der Waals surface area (Å²) in [5, 5.41) is 8.34. The average Bonchev–Trinajstić information content (AvgIpc) is 2.96. The van der Waals surface area contributed by atoms with Crippen molar-refractivity contribution in [3.8, 4) is 0 Å². The van der Waals surface area contributed by atoms with E-state index in [1.165, 1.54) is 4.90 Å². The van der Waals surface area contributed by atoms with Crippen LogP contribution >= 0.6 is 0 Å². The van der Waals surface area contributed by atoms with E-state index in [9.17, 15) is 14.4 Å². The van der Waals surface area contributed by atoms with E-state index in [0.29, 0.717) is 24.5 Å². The largest absolute Gasteiger partial charge is 0.343 e. The third-order valence-electron chi connectivity index (χ3n) is 6.47. The van der Waals surface area contributed by atoms with Crippen LogP contribution in [0.25, 0.3) is 21.7 Å². The number of rotatable bonds is 12. The fourth-order valence-electron chi connectivity index (χ4n) is 4.39. The molecular weight excluding hydrogens is 508 g/mol. The number of fused-ring (bicyclic) bond motifs is 2. The summed E-state index contributed by atoms with van der Waals surface area (Å²) in [7, 11) is 0. The summed E-state index contributed by atoms with van der Waals surface area (Å²) in [4.78, 5) is 49.6. The van der Waals surface area contributed by atoms with E-state index in [2.05, 4.69) is 20.6 Å². The Balaban J connectivity index is 1.52. The van der Waals surface area contributed by atoms with E-state index in [4.69, 9.17) is 17.2 Å². The number of benzene rings is 2. The molecule has 2 unspecified atom stereocenters. The van der Waals surface area contributed by atoms with Gasteiger partial charge in [-0.15, -0.1) is 0 Å². The smallest absolute Gasteiger partial charge is 0.247 e. The molecule has 208 valence electrons. The standard InChI is InChI=1S/C29H34N8O3/c30-9-11-37(12-10-31)27(38)16-24(32)28(39)36-26(15-22-13-19-5-1-2-7-21(19)17-33-22)29(40)35-23-14-20-6-3-4-8-25(20)34-18-23/h1-8,13-14,17-18,24,26H,9-12,15-16,30-32H2,(H,35,40)(H,36,39). The summed E-state index contributed by atoms with van der Waals surface area (Å²) in [6.07, 6.45) is 3.14. The molecule has 0 aliphatic carbocycles. The molecule has 0 bridgehead atoms. The normalized spacial score (nSPS) is 12.6. The van der Waals surface area contributed by atoms with Crippen LogP contribution in [0.1, 0.15) is 12.1 Å². The highest BCUT2D eigenvalue weighted by Crippen LogP contribution is 2.18. The number of amides is 3. The number of aromatic nitrogens is 2. The second-order valence-corrected chi connectivity index (χ2v) is 9.46. The van der Waals surface area contributed by atoms with Gasteiger partial charge in [-0.25, -0.2) is 0 Å². The molecule has 0 spiro atoms. The molecule has 0 radical (unpaired) electrons. The quantitative estimate of drug-likeness (QED) is 0.175. The molecule has 11 heteroatoms. The van der Waals surface area contributed by atoms with Crippen LogP contribution in [0.3, 0.4) is 0 Å². The van der Waals surface area contributed by atoms with Gasteiger partial charge in [-0.3, -0.25) is 24.4 Å². The highest BCUT2D eigenvalue weighted by molar-refractivity contribution is 5.99. The monoisotopic (exact) mass is 542 g/mol. The molecule has 2 atom stereocenters. The van der Waals surface area contributed by atoms with Crippen LogP contribution in [0.2, 0.25) is 0 Å². The van der Waals surface area contributed by atoms with Gasteiger partial charge < -0.3 is 32.7 Å². The van der Waals surface area contributed by atoms with Gasteiger partial charge in [0.25, 0.3) is 0 Å². The maximum absolute atomic E-state index is 13.5. The first kappa shape index (κ1) is 28.6. The lowest BCUT2D eigenvalue weighted by Gasteiger charge is -2.24.